The van der Waals surface area contributed by atoms with Crippen molar-refractivity contribution in [1.29, 1.82) is 0 Å². The van der Waals surface area contributed by atoms with Gasteiger partial charge < -0.3 is 14.5 Å². The number of ether oxygens (including phenoxy) is 1. The molecule has 3 aliphatic rings. The average Bonchev–Trinajstić information content (AvgIpc) is 3.29. The van der Waals surface area contributed by atoms with Crippen LogP contribution in [-0.2, 0) is 16.0 Å². The van der Waals surface area contributed by atoms with Gasteiger partial charge in [0.2, 0.25) is 5.91 Å². The number of hydrogen-bond acceptors (Lipinski definition) is 4. The van der Waals surface area contributed by atoms with E-state index in [0.29, 0.717) is 23.1 Å². The van der Waals surface area contributed by atoms with Crippen molar-refractivity contribution in [3.63, 3.8) is 0 Å². The van der Waals surface area contributed by atoms with Gasteiger partial charge >= 0.3 is 6.09 Å². The Bertz CT molecular complexity index is 803. The van der Waals surface area contributed by atoms with Crippen molar-refractivity contribution in [2.45, 2.75) is 56.7 Å². The van der Waals surface area contributed by atoms with Crippen LogP contribution in [0.3, 0.4) is 0 Å². The normalized spacial score (nSPS) is 26.2. The molecule has 1 aromatic carbocycles. The van der Waals surface area contributed by atoms with Crippen molar-refractivity contribution in [1.82, 2.24) is 14.7 Å². The minimum absolute atomic E-state index is 0. The van der Waals surface area contributed by atoms with Gasteiger partial charge in [-0.15, -0.1) is 12.4 Å². The Morgan fingerprint density at radius 1 is 0.968 bits per heavy atom. The van der Waals surface area contributed by atoms with Gasteiger partial charge in [0.15, 0.2) is 0 Å². The van der Waals surface area contributed by atoms with Gasteiger partial charge in [0.05, 0.1) is 35.7 Å². The second kappa shape index (κ2) is 10.6. The third kappa shape index (κ3) is 5.08. The molecule has 1 aromatic rings. The molecule has 3 atom stereocenters. The lowest BCUT2D eigenvalue weighted by Gasteiger charge is -2.54. The van der Waals surface area contributed by atoms with Gasteiger partial charge in [-0.1, -0.05) is 29.3 Å². The molecule has 9 heteroatoms. The van der Waals surface area contributed by atoms with Crippen LogP contribution >= 0.6 is 35.6 Å². The zero-order valence-electron chi connectivity index (χ0n) is 17.8. The van der Waals surface area contributed by atoms with Crippen LogP contribution in [0.1, 0.15) is 37.7 Å². The Hall–Kier alpha value is -1.21. The number of rotatable bonds is 3. The van der Waals surface area contributed by atoms with Crippen molar-refractivity contribution in [2.24, 2.45) is 0 Å². The third-order valence-corrected chi connectivity index (χ3v) is 7.55. The Balaban J connectivity index is 0.00000272. The van der Waals surface area contributed by atoms with Crippen LogP contribution < -0.4 is 0 Å². The summed E-state index contributed by atoms with van der Waals surface area (Å²) in [5.74, 6) is 0.0824. The summed E-state index contributed by atoms with van der Waals surface area (Å²) in [6, 6.07) is 5.65. The van der Waals surface area contributed by atoms with Gasteiger partial charge in [0, 0.05) is 19.1 Å². The molecule has 0 N–H and O–H groups in total. The smallest absolute Gasteiger partial charge is 0.409 e. The van der Waals surface area contributed by atoms with Crippen LogP contribution in [0.25, 0.3) is 0 Å². The summed E-state index contributed by atoms with van der Waals surface area (Å²) >= 11 is 12.2. The molecule has 4 rings (SSSR count). The molecule has 0 bridgehead atoms. The van der Waals surface area contributed by atoms with Gasteiger partial charge in [-0.05, 0) is 62.9 Å². The van der Waals surface area contributed by atoms with Gasteiger partial charge in [0.25, 0.3) is 0 Å². The van der Waals surface area contributed by atoms with Crippen LogP contribution in [-0.4, -0.2) is 78.1 Å². The molecule has 1 aliphatic carbocycles. The molecule has 2 amide bonds. The molecule has 0 radical (unpaired) electrons. The van der Waals surface area contributed by atoms with E-state index in [9.17, 15) is 9.59 Å². The summed E-state index contributed by atoms with van der Waals surface area (Å²) in [5, 5.41) is 0.948. The summed E-state index contributed by atoms with van der Waals surface area (Å²) in [6.07, 6.45) is 5.42. The van der Waals surface area contributed by atoms with Crippen LogP contribution in [0.15, 0.2) is 18.2 Å². The minimum atomic E-state index is -0.288. The highest BCUT2D eigenvalue weighted by Gasteiger charge is 2.48. The van der Waals surface area contributed by atoms with Gasteiger partial charge in [-0.25, -0.2) is 4.79 Å². The van der Waals surface area contributed by atoms with Crippen molar-refractivity contribution in [3.8, 4) is 0 Å². The number of fused-ring (bicyclic) bond motifs is 1. The number of nitrogens with zero attached hydrogens (tertiary/aromatic N) is 3. The van der Waals surface area contributed by atoms with E-state index >= 15 is 0 Å². The summed E-state index contributed by atoms with van der Waals surface area (Å²) < 4.78 is 5.06. The maximum Gasteiger partial charge on any atom is 0.409 e. The first-order chi connectivity index (χ1) is 14.5. The quantitative estimate of drug-likeness (QED) is 0.635. The number of likely N-dealkylation sites (tertiary alicyclic amines) is 1. The summed E-state index contributed by atoms with van der Waals surface area (Å²) in [4.78, 5) is 32.3. The van der Waals surface area contributed by atoms with E-state index in [0.717, 1.165) is 37.9 Å². The van der Waals surface area contributed by atoms with E-state index in [1.807, 2.05) is 15.9 Å². The average molecular weight is 491 g/mol. The molecule has 2 saturated heterocycles. The van der Waals surface area contributed by atoms with Crippen molar-refractivity contribution < 1.29 is 14.3 Å². The molecule has 31 heavy (non-hydrogen) atoms. The SMILES string of the molecule is COC(=O)N1CCN(C(=O)Cc2ccc(Cl)c(Cl)c2)[C@@H]2[C@@H](N3CCCC3)CCC[C@@H]21.Cl. The highest BCUT2D eigenvalue weighted by atomic mass is 35.5. The van der Waals surface area contributed by atoms with Crippen LogP contribution in [0.4, 0.5) is 4.79 Å². The molecule has 3 fully saturated rings. The number of benzene rings is 1. The van der Waals surface area contributed by atoms with Gasteiger partial charge in [-0.2, -0.15) is 0 Å². The number of piperazine rings is 1. The predicted molar refractivity (Wildman–Crippen MR) is 124 cm³/mol. The van der Waals surface area contributed by atoms with Crippen LogP contribution in [0.5, 0.6) is 0 Å². The number of carbonyl (C=O) groups is 2. The third-order valence-electron chi connectivity index (χ3n) is 6.81. The number of methoxy groups -OCH3 is 1. The molecule has 172 valence electrons. The fraction of sp³-hybridized carbons (Fsp3) is 0.636. The van der Waals surface area contributed by atoms with Crippen molar-refractivity contribution in [2.75, 3.05) is 33.3 Å². The molecular weight excluding hydrogens is 461 g/mol. The molecule has 2 aliphatic heterocycles. The zero-order chi connectivity index (χ0) is 21.3. The molecule has 2 heterocycles. The van der Waals surface area contributed by atoms with E-state index in [2.05, 4.69) is 4.90 Å². The van der Waals surface area contributed by atoms with E-state index in [1.54, 1.807) is 12.1 Å². The molecule has 0 unspecified atom stereocenters. The topological polar surface area (TPSA) is 53.1 Å². The van der Waals surface area contributed by atoms with Crippen LogP contribution in [0, 0.1) is 0 Å². The summed E-state index contributed by atoms with van der Waals surface area (Å²) in [5.41, 5.74) is 0.856. The lowest BCUT2D eigenvalue weighted by atomic mass is 9.81. The predicted octanol–water partition coefficient (Wildman–Crippen LogP) is 4.25. The van der Waals surface area contributed by atoms with E-state index in [4.69, 9.17) is 27.9 Å². The lowest BCUT2D eigenvalue weighted by Crippen LogP contribution is -2.69. The van der Waals surface area contributed by atoms with E-state index in [1.165, 1.54) is 20.0 Å². The zero-order valence-corrected chi connectivity index (χ0v) is 20.1. The molecule has 0 aromatic heterocycles. The van der Waals surface area contributed by atoms with Crippen LogP contribution in [0.2, 0.25) is 10.0 Å². The second-order valence-corrected chi connectivity index (χ2v) is 9.29. The number of amides is 2. The fourth-order valence-electron chi connectivity index (χ4n) is 5.45. The fourth-order valence-corrected chi connectivity index (χ4v) is 5.77. The van der Waals surface area contributed by atoms with Gasteiger partial charge in [0.1, 0.15) is 0 Å². The minimum Gasteiger partial charge on any atom is -0.453 e. The molecule has 1 saturated carbocycles. The monoisotopic (exact) mass is 489 g/mol. The summed E-state index contributed by atoms with van der Waals surface area (Å²) in [6.45, 7) is 3.18. The number of halogens is 3. The number of hydrogen-bond donors (Lipinski definition) is 0. The first kappa shape index (κ1) is 24.4. The second-order valence-electron chi connectivity index (χ2n) is 8.48. The van der Waals surface area contributed by atoms with E-state index < -0.39 is 0 Å². The first-order valence-electron chi connectivity index (χ1n) is 10.8. The Morgan fingerprint density at radius 2 is 1.65 bits per heavy atom. The molecular formula is C22H30Cl3N3O3. The molecule has 0 spiro atoms. The Labute approximate surface area is 200 Å². The Morgan fingerprint density at radius 3 is 2.32 bits per heavy atom. The maximum absolute atomic E-state index is 13.4. The van der Waals surface area contributed by atoms with Gasteiger partial charge in [-0.3, -0.25) is 9.69 Å². The highest BCUT2D eigenvalue weighted by molar-refractivity contribution is 6.42. The highest BCUT2D eigenvalue weighted by Crippen LogP contribution is 2.35. The van der Waals surface area contributed by atoms with Crippen molar-refractivity contribution in [3.05, 3.63) is 33.8 Å². The lowest BCUT2D eigenvalue weighted by molar-refractivity contribution is -0.141. The van der Waals surface area contributed by atoms with Crippen molar-refractivity contribution >= 4 is 47.6 Å². The molecule has 6 nitrogen and oxygen atoms in total. The maximum atomic E-state index is 13.4. The number of carbonyl (C=O) groups excluding carboxylic acids is 2. The standard InChI is InChI=1S/C22H29Cl2N3O3.ClH/c1-30-22(29)26-11-12-27(20(28)14-15-7-8-16(23)17(24)13-15)21-18(5-4-6-19(21)26)25-9-2-3-10-25;/h7-8,13,18-19,21H,2-6,9-12,14H2,1H3;1H/t18-,19-,21+;/m0./s1. The largest absolute Gasteiger partial charge is 0.453 e. The summed E-state index contributed by atoms with van der Waals surface area (Å²) in [7, 11) is 1.43. The first-order valence-corrected chi connectivity index (χ1v) is 11.6. The Kier molecular flexibility index (Phi) is 8.36. The van der Waals surface area contributed by atoms with E-state index in [-0.39, 0.29) is 49.0 Å².